The Labute approximate surface area is 327 Å². The summed E-state index contributed by atoms with van der Waals surface area (Å²) >= 11 is 0. The topological polar surface area (TPSA) is 169 Å². The average molecular weight is 786 g/mol. The van der Waals surface area contributed by atoms with Crippen molar-refractivity contribution in [3.63, 3.8) is 0 Å². The summed E-state index contributed by atoms with van der Waals surface area (Å²) in [6.45, 7) is 2.46. The van der Waals surface area contributed by atoms with Gasteiger partial charge >= 0.3 is 19.8 Å². The molecule has 0 rings (SSSR count). The zero-order valence-electron chi connectivity index (χ0n) is 33.8. The van der Waals surface area contributed by atoms with Gasteiger partial charge in [-0.05, 0) is 44.9 Å². The number of esters is 1. The van der Waals surface area contributed by atoms with Crippen LogP contribution in [0.5, 0.6) is 0 Å². The molecule has 4 N–H and O–H groups in total. The summed E-state index contributed by atoms with van der Waals surface area (Å²) < 4.78 is 26.8. The summed E-state index contributed by atoms with van der Waals surface area (Å²) in [6.07, 6.45) is 38.8. The van der Waals surface area contributed by atoms with E-state index >= 15 is 0 Å². The van der Waals surface area contributed by atoms with Crippen LogP contribution in [0, 0.1) is 0 Å². The van der Waals surface area contributed by atoms with Crippen LogP contribution in [0.15, 0.2) is 36.5 Å². The van der Waals surface area contributed by atoms with Crippen molar-refractivity contribution >= 4 is 25.7 Å². The van der Waals surface area contributed by atoms with Gasteiger partial charge in [0.15, 0.2) is 6.04 Å². The van der Waals surface area contributed by atoms with Crippen LogP contribution >= 0.6 is 7.82 Å². The van der Waals surface area contributed by atoms with Crippen molar-refractivity contribution in [2.75, 3.05) is 19.8 Å². The number of allylic oxidation sites excluding steroid dienone is 6. The molecule has 0 aliphatic heterocycles. The quantitative estimate of drug-likeness (QED) is 0.0204. The van der Waals surface area contributed by atoms with Crippen LogP contribution in [-0.4, -0.2) is 64.9 Å². The summed E-state index contributed by atoms with van der Waals surface area (Å²) in [6, 6.07) is -1.54. The Bertz CT molecular complexity index is 1060. The molecule has 0 aliphatic rings. The number of rotatable bonds is 39. The standard InChI is InChI=1S/C42H76NO10P/c1-3-5-7-9-11-13-15-17-18-19-20-22-24-26-28-30-32-34-41(46)51-35-38(44)36-52-54(49,50)53-37-39(42(47)48)43-40(45)33-31-29-27-25-23-21-16-14-12-10-8-6-4-2/h5,7,11,13,17-18,38-39,44H,3-4,6,8-10,12,14-16,19-37H2,1-2H3,(H,43,45)(H,47,48)(H,49,50)/b7-5-,13-11-,18-17-. The normalized spacial score (nSPS) is 14.1. The first kappa shape index (κ1) is 51.7. The molecule has 54 heavy (non-hydrogen) atoms. The van der Waals surface area contributed by atoms with E-state index in [1.165, 1.54) is 70.6 Å². The number of unbranched alkanes of at least 4 members (excludes halogenated alkanes) is 19. The summed E-state index contributed by atoms with van der Waals surface area (Å²) in [5, 5.41) is 21.8. The highest BCUT2D eigenvalue weighted by Gasteiger charge is 2.28. The second kappa shape index (κ2) is 37.6. The van der Waals surface area contributed by atoms with E-state index < -0.39 is 57.6 Å². The molecule has 3 unspecified atom stereocenters. The fourth-order valence-electron chi connectivity index (χ4n) is 5.68. The first-order chi connectivity index (χ1) is 26.1. The van der Waals surface area contributed by atoms with Crippen LogP contribution in [0.25, 0.3) is 0 Å². The zero-order valence-corrected chi connectivity index (χ0v) is 34.7. The van der Waals surface area contributed by atoms with Gasteiger partial charge in [0.1, 0.15) is 12.7 Å². The Kier molecular flexibility index (Phi) is 36.0. The Morgan fingerprint density at radius 3 is 1.61 bits per heavy atom. The number of hydrogen-bond donors (Lipinski definition) is 4. The lowest BCUT2D eigenvalue weighted by Crippen LogP contribution is -2.43. The number of amides is 1. The highest BCUT2D eigenvalue weighted by Crippen LogP contribution is 2.43. The monoisotopic (exact) mass is 786 g/mol. The van der Waals surface area contributed by atoms with Crippen molar-refractivity contribution in [1.29, 1.82) is 0 Å². The third-order valence-corrected chi connectivity index (χ3v) is 9.89. The highest BCUT2D eigenvalue weighted by atomic mass is 31.2. The lowest BCUT2D eigenvalue weighted by Gasteiger charge is -2.18. The van der Waals surface area contributed by atoms with Crippen molar-refractivity contribution in [1.82, 2.24) is 5.32 Å². The van der Waals surface area contributed by atoms with Crippen molar-refractivity contribution in [2.24, 2.45) is 0 Å². The smallest absolute Gasteiger partial charge is 0.472 e. The molecule has 0 aromatic rings. The molecule has 11 nitrogen and oxygen atoms in total. The van der Waals surface area contributed by atoms with Gasteiger partial charge in [0.05, 0.1) is 13.2 Å². The molecule has 12 heteroatoms. The van der Waals surface area contributed by atoms with Gasteiger partial charge in [-0.1, -0.05) is 159 Å². The van der Waals surface area contributed by atoms with E-state index in [2.05, 4.69) is 55.6 Å². The van der Waals surface area contributed by atoms with E-state index in [9.17, 15) is 34.1 Å². The number of carboxylic acids is 1. The minimum atomic E-state index is -4.75. The summed E-state index contributed by atoms with van der Waals surface area (Å²) in [5.74, 6) is -2.38. The largest absolute Gasteiger partial charge is 0.480 e. The Morgan fingerprint density at radius 2 is 1.07 bits per heavy atom. The lowest BCUT2D eigenvalue weighted by atomic mass is 10.0. The van der Waals surface area contributed by atoms with Crippen LogP contribution in [-0.2, 0) is 32.7 Å². The van der Waals surface area contributed by atoms with Crippen LogP contribution in [0.4, 0.5) is 0 Å². The molecule has 0 fully saturated rings. The van der Waals surface area contributed by atoms with Gasteiger partial charge in [0.2, 0.25) is 5.91 Å². The second-order valence-corrected chi connectivity index (χ2v) is 15.6. The average Bonchev–Trinajstić information content (AvgIpc) is 3.14. The second-order valence-electron chi connectivity index (χ2n) is 14.2. The number of hydrogen-bond acceptors (Lipinski definition) is 8. The molecule has 0 aliphatic carbocycles. The van der Waals surface area contributed by atoms with Gasteiger partial charge in [-0.25, -0.2) is 9.36 Å². The van der Waals surface area contributed by atoms with Crippen molar-refractivity contribution in [2.45, 2.75) is 193 Å². The fourth-order valence-corrected chi connectivity index (χ4v) is 6.45. The van der Waals surface area contributed by atoms with Crippen molar-refractivity contribution in [3.05, 3.63) is 36.5 Å². The molecule has 0 spiro atoms. The van der Waals surface area contributed by atoms with Gasteiger partial charge in [-0.15, -0.1) is 0 Å². The Hall–Kier alpha value is -2.30. The van der Waals surface area contributed by atoms with Crippen LogP contribution in [0.1, 0.15) is 181 Å². The molecule has 3 atom stereocenters. The number of phosphoric acid groups is 1. The predicted octanol–water partition coefficient (Wildman–Crippen LogP) is 10.4. The van der Waals surface area contributed by atoms with Crippen molar-refractivity contribution in [3.8, 4) is 0 Å². The SMILES string of the molecule is CC/C=C\C/C=C\C/C=C\CCCCCCCCCC(=O)OCC(O)COP(=O)(O)OCC(NC(=O)CCCCCCCCCCCCCCC)C(=O)O. The third-order valence-electron chi connectivity index (χ3n) is 8.94. The third kappa shape index (κ3) is 36.7. The molecular weight excluding hydrogens is 709 g/mol. The number of aliphatic carboxylic acids is 1. The minimum Gasteiger partial charge on any atom is -0.480 e. The first-order valence-corrected chi connectivity index (χ1v) is 22.5. The van der Waals surface area contributed by atoms with Gasteiger partial charge in [0, 0.05) is 12.8 Å². The molecule has 0 saturated heterocycles. The molecule has 0 saturated carbocycles. The van der Waals surface area contributed by atoms with Gasteiger partial charge in [-0.2, -0.15) is 0 Å². The molecular formula is C42H76NO10P. The van der Waals surface area contributed by atoms with E-state index in [0.29, 0.717) is 12.8 Å². The number of carboxylic acid groups (broad SMARTS) is 1. The van der Waals surface area contributed by atoms with Gasteiger partial charge in [-0.3, -0.25) is 18.6 Å². The number of aliphatic hydroxyl groups is 1. The van der Waals surface area contributed by atoms with E-state index in [1.807, 2.05) is 0 Å². The summed E-state index contributed by atoms with van der Waals surface area (Å²) in [7, 11) is -4.75. The molecule has 0 aromatic heterocycles. The molecule has 0 bridgehead atoms. The molecule has 0 heterocycles. The van der Waals surface area contributed by atoms with Crippen LogP contribution in [0.3, 0.4) is 0 Å². The van der Waals surface area contributed by atoms with Crippen molar-refractivity contribution < 1.29 is 47.8 Å². The lowest BCUT2D eigenvalue weighted by molar-refractivity contribution is -0.147. The minimum absolute atomic E-state index is 0.148. The number of carbonyl (C=O) groups is 3. The maximum Gasteiger partial charge on any atom is 0.472 e. The maximum atomic E-state index is 12.3. The van der Waals surface area contributed by atoms with E-state index in [-0.39, 0.29) is 12.8 Å². The number of phosphoric ester groups is 1. The number of ether oxygens (including phenoxy) is 1. The first-order valence-electron chi connectivity index (χ1n) is 21.0. The summed E-state index contributed by atoms with van der Waals surface area (Å²) in [4.78, 5) is 45.8. The van der Waals surface area contributed by atoms with E-state index in [1.54, 1.807) is 0 Å². The molecule has 314 valence electrons. The molecule has 0 radical (unpaired) electrons. The van der Waals surface area contributed by atoms with Crippen LogP contribution < -0.4 is 5.32 Å². The summed E-state index contributed by atoms with van der Waals surface area (Å²) in [5.41, 5.74) is 0. The van der Waals surface area contributed by atoms with Gasteiger partial charge in [0.25, 0.3) is 0 Å². The maximum absolute atomic E-state index is 12.3. The number of carbonyl (C=O) groups excluding carboxylic acids is 2. The van der Waals surface area contributed by atoms with E-state index in [0.717, 1.165) is 70.6 Å². The Morgan fingerprint density at radius 1 is 0.611 bits per heavy atom. The molecule has 1 amide bonds. The van der Waals surface area contributed by atoms with Crippen LogP contribution in [0.2, 0.25) is 0 Å². The fraction of sp³-hybridized carbons (Fsp3) is 0.786. The zero-order chi connectivity index (χ0) is 40.0. The predicted molar refractivity (Wildman–Crippen MR) is 217 cm³/mol. The Balaban J connectivity index is 3.91. The number of nitrogens with one attached hydrogen (secondary N) is 1. The van der Waals surface area contributed by atoms with Gasteiger partial charge < -0.3 is 25.2 Å². The molecule has 0 aromatic carbocycles. The highest BCUT2D eigenvalue weighted by molar-refractivity contribution is 7.47. The van der Waals surface area contributed by atoms with E-state index in [4.69, 9.17) is 13.8 Å². The number of aliphatic hydroxyl groups excluding tert-OH is 1.